The molecule has 0 aromatic carbocycles. The lowest BCUT2D eigenvalue weighted by atomic mass is 10.1. The van der Waals surface area contributed by atoms with Crippen LogP contribution in [-0.2, 0) is 4.74 Å². The van der Waals surface area contributed by atoms with Crippen LogP contribution in [0.25, 0.3) is 0 Å². The van der Waals surface area contributed by atoms with E-state index in [0.717, 1.165) is 13.2 Å². The maximum Gasteiger partial charge on any atom is 0.0466 e. The summed E-state index contributed by atoms with van der Waals surface area (Å²) < 4.78 is 5.60. The highest BCUT2D eigenvalue weighted by atomic mass is 16.5. The van der Waals surface area contributed by atoms with Gasteiger partial charge in [0.05, 0.1) is 0 Å². The van der Waals surface area contributed by atoms with Crippen LogP contribution in [0, 0.1) is 0 Å². The third-order valence-electron chi connectivity index (χ3n) is 2.79. The second kappa shape index (κ2) is 13.0. The summed E-state index contributed by atoms with van der Waals surface area (Å²) in [5.74, 6) is 0. The van der Waals surface area contributed by atoms with Crippen LogP contribution >= 0.6 is 0 Å². The Balaban J connectivity index is 2.88. The molecule has 0 heterocycles. The van der Waals surface area contributed by atoms with Crippen molar-refractivity contribution in [3.05, 3.63) is 0 Å². The van der Waals surface area contributed by atoms with Crippen molar-refractivity contribution in [2.45, 2.75) is 58.3 Å². The summed E-state index contributed by atoms with van der Waals surface area (Å²) in [7, 11) is 4.24. The molecule has 98 valence electrons. The zero-order valence-corrected chi connectivity index (χ0v) is 11.6. The molecule has 0 unspecified atom stereocenters. The van der Waals surface area contributed by atoms with E-state index in [1.165, 1.54) is 57.9 Å². The molecule has 0 saturated carbocycles. The summed E-state index contributed by atoms with van der Waals surface area (Å²) in [5, 5.41) is 0. The maximum atomic E-state index is 5.60. The van der Waals surface area contributed by atoms with Gasteiger partial charge in [0, 0.05) is 13.2 Å². The molecule has 0 fully saturated rings. The van der Waals surface area contributed by atoms with E-state index in [2.05, 4.69) is 25.9 Å². The molecule has 0 aromatic rings. The minimum atomic E-state index is 0.947. The van der Waals surface area contributed by atoms with E-state index in [1.807, 2.05) is 0 Å². The zero-order valence-electron chi connectivity index (χ0n) is 11.6. The van der Waals surface area contributed by atoms with Crippen LogP contribution in [-0.4, -0.2) is 38.8 Å². The number of unbranched alkanes of at least 4 members (excludes halogenated alkanes) is 6. The molecule has 0 aliphatic rings. The van der Waals surface area contributed by atoms with Crippen molar-refractivity contribution < 1.29 is 4.74 Å². The molecule has 0 aliphatic heterocycles. The Kier molecular flexibility index (Phi) is 12.9. The van der Waals surface area contributed by atoms with E-state index >= 15 is 0 Å². The van der Waals surface area contributed by atoms with Crippen LogP contribution in [0.2, 0.25) is 0 Å². The topological polar surface area (TPSA) is 12.5 Å². The molecule has 0 rings (SSSR count). The van der Waals surface area contributed by atoms with Crippen molar-refractivity contribution >= 4 is 0 Å². The van der Waals surface area contributed by atoms with Gasteiger partial charge >= 0.3 is 0 Å². The molecule has 0 amide bonds. The molecule has 0 spiro atoms. The van der Waals surface area contributed by atoms with Gasteiger partial charge in [-0.3, -0.25) is 0 Å². The molecule has 0 N–H and O–H groups in total. The molecular formula is C14H31NO. The SMILES string of the molecule is CCCCCCCCOCCCCN(C)C. The van der Waals surface area contributed by atoms with E-state index in [4.69, 9.17) is 4.74 Å². The van der Waals surface area contributed by atoms with Crippen molar-refractivity contribution in [3.8, 4) is 0 Å². The summed E-state index contributed by atoms with van der Waals surface area (Å²) >= 11 is 0. The summed E-state index contributed by atoms with van der Waals surface area (Å²) in [6.45, 7) is 5.36. The highest BCUT2D eigenvalue weighted by Crippen LogP contribution is 2.05. The first-order valence-electron chi connectivity index (χ1n) is 7.00. The van der Waals surface area contributed by atoms with Crippen molar-refractivity contribution in [2.75, 3.05) is 33.9 Å². The lowest BCUT2D eigenvalue weighted by molar-refractivity contribution is 0.124. The second-order valence-corrected chi connectivity index (χ2v) is 4.89. The van der Waals surface area contributed by atoms with E-state index in [1.54, 1.807) is 0 Å². The van der Waals surface area contributed by atoms with E-state index in [9.17, 15) is 0 Å². The molecule has 0 atom stereocenters. The third kappa shape index (κ3) is 13.9. The van der Waals surface area contributed by atoms with Crippen LogP contribution in [0.1, 0.15) is 58.3 Å². The smallest absolute Gasteiger partial charge is 0.0466 e. The van der Waals surface area contributed by atoms with Gasteiger partial charge in [0.1, 0.15) is 0 Å². The summed E-state index contributed by atoms with van der Waals surface area (Å²) in [6.07, 6.45) is 10.6. The average molecular weight is 229 g/mol. The molecule has 2 heteroatoms. The van der Waals surface area contributed by atoms with Gasteiger partial charge in [-0.25, -0.2) is 0 Å². The quantitative estimate of drug-likeness (QED) is 0.473. The van der Waals surface area contributed by atoms with Crippen LogP contribution < -0.4 is 0 Å². The highest BCUT2D eigenvalue weighted by molar-refractivity contribution is 4.46. The minimum absolute atomic E-state index is 0.947. The molecule has 0 aromatic heterocycles. The van der Waals surface area contributed by atoms with Crippen LogP contribution in [0.5, 0.6) is 0 Å². The van der Waals surface area contributed by atoms with E-state index in [-0.39, 0.29) is 0 Å². The van der Waals surface area contributed by atoms with Crippen molar-refractivity contribution in [1.82, 2.24) is 4.90 Å². The fraction of sp³-hybridized carbons (Fsp3) is 1.00. The molecule has 0 saturated heterocycles. The molecule has 16 heavy (non-hydrogen) atoms. The van der Waals surface area contributed by atoms with Crippen molar-refractivity contribution in [1.29, 1.82) is 0 Å². The van der Waals surface area contributed by atoms with Gasteiger partial charge in [-0.15, -0.1) is 0 Å². The Bertz CT molecular complexity index is 126. The first kappa shape index (κ1) is 15.9. The van der Waals surface area contributed by atoms with Crippen molar-refractivity contribution in [2.24, 2.45) is 0 Å². The van der Waals surface area contributed by atoms with E-state index in [0.29, 0.717) is 0 Å². The van der Waals surface area contributed by atoms with Gasteiger partial charge in [-0.2, -0.15) is 0 Å². The molecule has 0 aliphatic carbocycles. The Morgan fingerprint density at radius 2 is 1.31 bits per heavy atom. The monoisotopic (exact) mass is 229 g/mol. The first-order valence-corrected chi connectivity index (χ1v) is 7.00. The van der Waals surface area contributed by atoms with Gasteiger partial charge in [-0.1, -0.05) is 39.0 Å². The second-order valence-electron chi connectivity index (χ2n) is 4.89. The number of rotatable bonds is 12. The number of ether oxygens (including phenoxy) is 1. The standard InChI is InChI=1S/C14H31NO/c1-4-5-6-7-8-10-13-16-14-11-9-12-15(2)3/h4-14H2,1-3H3. The Hall–Kier alpha value is -0.0800. The Morgan fingerprint density at radius 3 is 1.94 bits per heavy atom. The lowest BCUT2D eigenvalue weighted by Crippen LogP contribution is -2.13. The van der Waals surface area contributed by atoms with E-state index < -0.39 is 0 Å². The zero-order chi connectivity index (χ0) is 12.1. The summed E-state index contributed by atoms with van der Waals surface area (Å²) in [4.78, 5) is 2.23. The number of hydrogen-bond acceptors (Lipinski definition) is 2. The van der Waals surface area contributed by atoms with Crippen LogP contribution in [0.4, 0.5) is 0 Å². The third-order valence-corrected chi connectivity index (χ3v) is 2.79. The Morgan fingerprint density at radius 1 is 0.750 bits per heavy atom. The fourth-order valence-corrected chi connectivity index (χ4v) is 1.72. The van der Waals surface area contributed by atoms with Crippen LogP contribution in [0.15, 0.2) is 0 Å². The summed E-state index contributed by atoms with van der Waals surface area (Å²) in [5.41, 5.74) is 0. The lowest BCUT2D eigenvalue weighted by Gasteiger charge is -2.09. The predicted molar refractivity (Wildman–Crippen MR) is 72.0 cm³/mol. The van der Waals surface area contributed by atoms with Crippen LogP contribution in [0.3, 0.4) is 0 Å². The maximum absolute atomic E-state index is 5.60. The molecular weight excluding hydrogens is 198 g/mol. The Labute approximate surface area is 102 Å². The van der Waals surface area contributed by atoms with Gasteiger partial charge in [0.25, 0.3) is 0 Å². The predicted octanol–water partition coefficient (Wildman–Crippen LogP) is 3.71. The average Bonchev–Trinajstić information content (AvgIpc) is 2.25. The van der Waals surface area contributed by atoms with Gasteiger partial charge in [0.2, 0.25) is 0 Å². The normalized spacial score (nSPS) is 11.2. The molecule has 0 bridgehead atoms. The van der Waals surface area contributed by atoms with Crippen molar-refractivity contribution in [3.63, 3.8) is 0 Å². The van der Waals surface area contributed by atoms with Gasteiger partial charge in [0.15, 0.2) is 0 Å². The van der Waals surface area contributed by atoms with Gasteiger partial charge < -0.3 is 9.64 Å². The minimum Gasteiger partial charge on any atom is -0.381 e. The molecule has 0 radical (unpaired) electrons. The number of nitrogens with zero attached hydrogens (tertiary/aromatic N) is 1. The van der Waals surface area contributed by atoms with Gasteiger partial charge in [-0.05, 0) is 39.9 Å². The first-order chi connectivity index (χ1) is 7.77. The largest absolute Gasteiger partial charge is 0.381 e. The molecule has 2 nitrogen and oxygen atoms in total. The highest BCUT2D eigenvalue weighted by Gasteiger charge is 1.93. The summed E-state index contributed by atoms with van der Waals surface area (Å²) in [6, 6.07) is 0. The fourth-order valence-electron chi connectivity index (χ4n) is 1.72. The number of hydrogen-bond donors (Lipinski definition) is 0.